The van der Waals surface area contributed by atoms with Crippen molar-refractivity contribution >= 4 is 33.2 Å². The Bertz CT molecular complexity index is 1040. The molecule has 0 bridgehead atoms. The maximum atomic E-state index is 13.0. The minimum atomic E-state index is -0.414. The topological polar surface area (TPSA) is 89.3 Å². The van der Waals surface area contributed by atoms with E-state index in [9.17, 15) is 9.59 Å². The van der Waals surface area contributed by atoms with Gasteiger partial charge < -0.3 is 4.74 Å². The summed E-state index contributed by atoms with van der Waals surface area (Å²) in [7, 11) is 1.33. The van der Waals surface area contributed by atoms with Gasteiger partial charge in [-0.1, -0.05) is 23.5 Å². The van der Waals surface area contributed by atoms with Crippen LogP contribution in [-0.4, -0.2) is 39.6 Å². The number of hydrogen-bond acceptors (Lipinski definition) is 6. The molecule has 1 aromatic carbocycles. The third kappa shape index (κ3) is 3.08. The predicted octanol–water partition coefficient (Wildman–Crippen LogP) is 2.46. The number of ether oxygens (including phenoxy) is 1. The number of nitrogens with one attached hydrogen (secondary N) is 1. The van der Waals surface area contributed by atoms with Crippen LogP contribution in [0, 0.1) is 0 Å². The average molecular weight is 370 g/mol. The van der Waals surface area contributed by atoms with E-state index in [0.29, 0.717) is 22.1 Å². The van der Waals surface area contributed by atoms with Crippen molar-refractivity contribution in [2.75, 3.05) is 7.11 Å². The zero-order valence-electron chi connectivity index (χ0n) is 14.5. The van der Waals surface area contributed by atoms with Crippen molar-refractivity contribution in [3.8, 4) is 5.13 Å². The molecule has 3 aromatic rings. The van der Waals surface area contributed by atoms with Crippen molar-refractivity contribution in [3.05, 3.63) is 45.9 Å². The molecule has 0 saturated heterocycles. The van der Waals surface area contributed by atoms with Gasteiger partial charge in [0.1, 0.15) is 0 Å². The summed E-state index contributed by atoms with van der Waals surface area (Å²) in [6, 6.07) is 7.98. The Hall–Kier alpha value is -2.74. The third-order valence-electron chi connectivity index (χ3n) is 4.27. The molecule has 8 heteroatoms. The van der Waals surface area contributed by atoms with Crippen LogP contribution in [0.25, 0.3) is 15.3 Å². The summed E-state index contributed by atoms with van der Waals surface area (Å²) in [5.74, 6) is -0.414. The van der Waals surface area contributed by atoms with Crippen molar-refractivity contribution in [3.63, 3.8) is 0 Å². The molecule has 2 heterocycles. The number of rotatable bonds is 5. The lowest BCUT2D eigenvalue weighted by atomic mass is 10.1. The summed E-state index contributed by atoms with van der Waals surface area (Å²) in [6.45, 7) is 1.81. The van der Waals surface area contributed by atoms with Crippen molar-refractivity contribution < 1.29 is 9.53 Å². The van der Waals surface area contributed by atoms with Crippen LogP contribution in [-0.2, 0) is 16.0 Å². The van der Waals surface area contributed by atoms with Gasteiger partial charge in [-0.3, -0.25) is 19.7 Å². The van der Waals surface area contributed by atoms with Crippen molar-refractivity contribution in [1.29, 1.82) is 0 Å². The van der Waals surface area contributed by atoms with Gasteiger partial charge in [0.15, 0.2) is 0 Å². The molecule has 1 fully saturated rings. The Labute approximate surface area is 153 Å². The van der Waals surface area contributed by atoms with E-state index in [2.05, 4.69) is 15.1 Å². The predicted molar refractivity (Wildman–Crippen MR) is 101 cm³/mol. The molecule has 0 radical (unpaired) electrons. The summed E-state index contributed by atoms with van der Waals surface area (Å²) in [6.07, 6.45) is 2.07. The quantitative estimate of drug-likeness (QED) is 0.552. The number of aromatic amines is 1. The van der Waals surface area contributed by atoms with Crippen LogP contribution in [0.15, 0.2) is 34.1 Å². The second-order valence-electron chi connectivity index (χ2n) is 6.27. The Balaban J connectivity index is 1.84. The minimum absolute atomic E-state index is 0.0174. The number of carbonyl (C=O) groups excluding carboxylic acids is 1. The SMILES string of the molecule is COC(=O)Cc1[nH]n(-c2nc3ccccc3s2)c(=O)c1C(C)=NC1CC1. The molecule has 1 aliphatic carbocycles. The molecule has 1 saturated carbocycles. The number of benzene rings is 1. The largest absolute Gasteiger partial charge is 0.469 e. The summed E-state index contributed by atoms with van der Waals surface area (Å²) < 4.78 is 7.14. The monoisotopic (exact) mass is 370 g/mol. The lowest BCUT2D eigenvalue weighted by Gasteiger charge is -2.01. The van der Waals surface area contributed by atoms with Gasteiger partial charge in [0, 0.05) is 5.71 Å². The Morgan fingerprint density at radius 3 is 2.88 bits per heavy atom. The van der Waals surface area contributed by atoms with Crippen molar-refractivity contribution in [2.24, 2.45) is 4.99 Å². The molecule has 26 heavy (non-hydrogen) atoms. The first-order chi connectivity index (χ1) is 12.6. The molecule has 0 spiro atoms. The third-order valence-corrected chi connectivity index (χ3v) is 5.29. The number of carbonyl (C=O) groups is 1. The van der Waals surface area contributed by atoms with Crippen molar-refractivity contribution in [1.82, 2.24) is 14.8 Å². The molecule has 1 aliphatic rings. The molecule has 0 atom stereocenters. The highest BCUT2D eigenvalue weighted by molar-refractivity contribution is 7.20. The van der Waals surface area contributed by atoms with Gasteiger partial charge in [0.2, 0.25) is 5.13 Å². The number of nitrogens with zero attached hydrogens (tertiary/aromatic N) is 3. The van der Waals surface area contributed by atoms with Gasteiger partial charge in [-0.25, -0.2) is 4.98 Å². The standard InChI is InChI=1S/C18H18N4O3S/c1-10(19-11-7-8-11)16-13(9-15(23)25-2)21-22(17(16)24)18-20-12-5-3-4-6-14(12)26-18/h3-6,11,21H,7-9H2,1-2H3. The van der Waals surface area contributed by atoms with Crippen LogP contribution in [0.5, 0.6) is 0 Å². The van der Waals surface area contributed by atoms with E-state index in [-0.39, 0.29) is 18.0 Å². The van der Waals surface area contributed by atoms with Crippen LogP contribution in [0.2, 0.25) is 0 Å². The molecule has 0 amide bonds. The highest BCUT2D eigenvalue weighted by Crippen LogP contribution is 2.26. The number of esters is 1. The lowest BCUT2D eigenvalue weighted by molar-refractivity contribution is -0.139. The summed E-state index contributed by atoms with van der Waals surface area (Å²) in [4.78, 5) is 33.9. The number of hydrogen-bond donors (Lipinski definition) is 1. The van der Waals surface area contributed by atoms with Crippen molar-refractivity contribution in [2.45, 2.75) is 32.2 Å². The van der Waals surface area contributed by atoms with Gasteiger partial charge in [0.05, 0.1) is 41.0 Å². The van der Waals surface area contributed by atoms with E-state index in [4.69, 9.17) is 4.74 Å². The van der Waals surface area contributed by atoms with E-state index in [1.54, 1.807) is 0 Å². The number of H-pyrrole nitrogens is 1. The Morgan fingerprint density at radius 1 is 1.42 bits per heavy atom. The maximum Gasteiger partial charge on any atom is 0.311 e. The van der Waals surface area contributed by atoms with E-state index in [0.717, 1.165) is 23.1 Å². The summed E-state index contributed by atoms with van der Waals surface area (Å²) in [5, 5.41) is 3.57. The van der Waals surface area contributed by atoms with Gasteiger partial charge in [0.25, 0.3) is 5.56 Å². The van der Waals surface area contributed by atoms with Crippen LogP contribution < -0.4 is 5.56 Å². The number of methoxy groups -OCH3 is 1. The first-order valence-electron chi connectivity index (χ1n) is 8.38. The normalized spacial score (nSPS) is 14.8. The smallest absolute Gasteiger partial charge is 0.311 e. The Morgan fingerprint density at radius 2 is 2.19 bits per heavy atom. The van der Waals surface area contributed by atoms with E-state index >= 15 is 0 Å². The summed E-state index contributed by atoms with van der Waals surface area (Å²) >= 11 is 1.41. The number of para-hydroxylation sites is 1. The number of aromatic nitrogens is 3. The fourth-order valence-electron chi connectivity index (χ4n) is 2.83. The minimum Gasteiger partial charge on any atom is -0.469 e. The van der Waals surface area contributed by atoms with Crippen LogP contribution in [0.4, 0.5) is 0 Å². The van der Waals surface area contributed by atoms with Gasteiger partial charge in [-0.05, 0) is 31.9 Å². The first-order valence-corrected chi connectivity index (χ1v) is 9.20. The zero-order chi connectivity index (χ0) is 18.3. The number of aliphatic imine (C=N–C) groups is 1. The van der Waals surface area contributed by atoms with E-state index < -0.39 is 5.97 Å². The molecule has 7 nitrogen and oxygen atoms in total. The first kappa shape index (κ1) is 16.7. The van der Waals surface area contributed by atoms with Gasteiger partial charge in [-0.15, -0.1) is 0 Å². The maximum absolute atomic E-state index is 13.0. The molecule has 4 rings (SSSR count). The second kappa shape index (κ2) is 6.53. The van der Waals surface area contributed by atoms with E-state index in [1.165, 1.54) is 23.1 Å². The van der Waals surface area contributed by atoms with Crippen LogP contribution in [0.1, 0.15) is 31.0 Å². The molecule has 2 aromatic heterocycles. The molecule has 0 aliphatic heterocycles. The second-order valence-corrected chi connectivity index (χ2v) is 7.28. The zero-order valence-corrected chi connectivity index (χ0v) is 15.3. The highest BCUT2D eigenvalue weighted by atomic mass is 32.1. The number of fused-ring (bicyclic) bond motifs is 1. The molecule has 0 unspecified atom stereocenters. The highest BCUT2D eigenvalue weighted by Gasteiger charge is 2.25. The van der Waals surface area contributed by atoms with Gasteiger partial charge in [-0.2, -0.15) is 4.68 Å². The Kier molecular flexibility index (Phi) is 4.20. The molecule has 1 N–H and O–H groups in total. The average Bonchev–Trinajstić information content (AvgIpc) is 3.23. The lowest BCUT2D eigenvalue weighted by Crippen LogP contribution is -2.20. The van der Waals surface area contributed by atoms with Crippen LogP contribution >= 0.6 is 11.3 Å². The van der Waals surface area contributed by atoms with E-state index in [1.807, 2.05) is 31.2 Å². The van der Waals surface area contributed by atoms with Gasteiger partial charge >= 0.3 is 5.97 Å². The number of thiazole rings is 1. The fourth-order valence-corrected chi connectivity index (χ4v) is 3.76. The molecule has 134 valence electrons. The summed E-state index contributed by atoms with van der Waals surface area (Å²) in [5.41, 5.74) is 2.16. The molecular weight excluding hydrogens is 352 g/mol. The van der Waals surface area contributed by atoms with Crippen LogP contribution in [0.3, 0.4) is 0 Å². The fraction of sp³-hybridized carbons (Fsp3) is 0.333. The molecular formula is C18H18N4O3S.